The standard InChI is InChI=1S/C19H19NO4S/c1-23-17-10-6-5-9-16(17)14(12-21)11-20-18(13-24-19(20)22)25-15-7-3-2-4-8-15/h2-10,12,14,18H,11,13H2,1H3. The van der Waals surface area contributed by atoms with Crippen LogP contribution >= 0.6 is 11.8 Å². The highest BCUT2D eigenvalue weighted by Gasteiger charge is 2.36. The van der Waals surface area contributed by atoms with Gasteiger partial charge in [-0.3, -0.25) is 4.90 Å². The SMILES string of the molecule is COc1ccccc1C(C=O)CN1C(=O)OCC1Sc1ccccc1. The molecule has 0 radical (unpaired) electrons. The molecule has 0 saturated carbocycles. The van der Waals surface area contributed by atoms with Gasteiger partial charge in [0.15, 0.2) is 0 Å². The minimum absolute atomic E-state index is 0.160. The van der Waals surface area contributed by atoms with E-state index in [0.29, 0.717) is 12.4 Å². The predicted octanol–water partition coefficient (Wildman–Crippen LogP) is 3.55. The van der Waals surface area contributed by atoms with Crippen molar-refractivity contribution in [2.45, 2.75) is 16.2 Å². The molecule has 25 heavy (non-hydrogen) atoms. The Balaban J connectivity index is 1.78. The number of ether oxygens (including phenoxy) is 2. The number of rotatable bonds is 7. The van der Waals surface area contributed by atoms with Crippen molar-refractivity contribution in [3.05, 3.63) is 60.2 Å². The number of benzene rings is 2. The van der Waals surface area contributed by atoms with Gasteiger partial charge in [0.1, 0.15) is 24.0 Å². The van der Waals surface area contributed by atoms with E-state index >= 15 is 0 Å². The van der Waals surface area contributed by atoms with E-state index in [-0.39, 0.29) is 11.9 Å². The zero-order valence-corrected chi connectivity index (χ0v) is 14.6. The van der Waals surface area contributed by atoms with Gasteiger partial charge in [-0.05, 0) is 18.2 Å². The summed E-state index contributed by atoms with van der Waals surface area (Å²) in [5.74, 6) is 0.167. The van der Waals surface area contributed by atoms with E-state index in [2.05, 4.69) is 0 Å². The fourth-order valence-electron chi connectivity index (χ4n) is 2.78. The van der Waals surface area contributed by atoms with Crippen LogP contribution in [0.3, 0.4) is 0 Å². The molecule has 130 valence electrons. The quantitative estimate of drug-likeness (QED) is 0.710. The molecule has 1 aliphatic heterocycles. The molecule has 0 N–H and O–H groups in total. The highest BCUT2D eigenvalue weighted by Crippen LogP contribution is 2.33. The van der Waals surface area contributed by atoms with Crippen LogP contribution in [0, 0.1) is 0 Å². The summed E-state index contributed by atoms with van der Waals surface area (Å²) in [4.78, 5) is 26.5. The monoisotopic (exact) mass is 357 g/mol. The molecular weight excluding hydrogens is 338 g/mol. The van der Waals surface area contributed by atoms with Gasteiger partial charge in [0.2, 0.25) is 0 Å². The van der Waals surface area contributed by atoms with Gasteiger partial charge in [0, 0.05) is 17.0 Å². The van der Waals surface area contributed by atoms with Crippen LogP contribution in [0.5, 0.6) is 5.75 Å². The molecule has 2 atom stereocenters. The number of hydrogen-bond donors (Lipinski definition) is 0. The van der Waals surface area contributed by atoms with Gasteiger partial charge in [0.05, 0.1) is 13.0 Å². The van der Waals surface area contributed by atoms with Crippen LogP contribution in [0.4, 0.5) is 4.79 Å². The Morgan fingerprint density at radius 3 is 2.68 bits per heavy atom. The van der Waals surface area contributed by atoms with Crippen molar-refractivity contribution in [2.24, 2.45) is 0 Å². The summed E-state index contributed by atoms with van der Waals surface area (Å²) < 4.78 is 10.6. The molecule has 1 fully saturated rings. The molecule has 0 spiro atoms. The highest BCUT2D eigenvalue weighted by molar-refractivity contribution is 8.00. The maximum Gasteiger partial charge on any atom is 0.410 e. The third-order valence-electron chi connectivity index (χ3n) is 4.04. The summed E-state index contributed by atoms with van der Waals surface area (Å²) in [5.41, 5.74) is 0.767. The number of nitrogens with zero attached hydrogens (tertiary/aromatic N) is 1. The molecule has 0 aliphatic carbocycles. The molecule has 1 aliphatic rings. The molecule has 5 nitrogen and oxygen atoms in total. The van der Waals surface area contributed by atoms with Crippen molar-refractivity contribution >= 4 is 24.1 Å². The lowest BCUT2D eigenvalue weighted by Crippen LogP contribution is -2.35. The average molecular weight is 357 g/mol. The minimum Gasteiger partial charge on any atom is -0.496 e. The summed E-state index contributed by atoms with van der Waals surface area (Å²) in [6.45, 7) is 0.559. The number of cyclic esters (lactones) is 1. The van der Waals surface area contributed by atoms with Crippen molar-refractivity contribution in [1.29, 1.82) is 0 Å². The summed E-state index contributed by atoms with van der Waals surface area (Å²) in [6.07, 6.45) is 0.462. The first-order valence-corrected chi connectivity index (χ1v) is 8.84. The largest absolute Gasteiger partial charge is 0.496 e. The number of carbonyl (C=O) groups excluding carboxylic acids is 2. The number of carbonyl (C=O) groups is 2. The molecule has 1 heterocycles. The topological polar surface area (TPSA) is 55.8 Å². The third kappa shape index (κ3) is 3.96. The number of amides is 1. The van der Waals surface area contributed by atoms with Gasteiger partial charge in [0.25, 0.3) is 0 Å². The van der Waals surface area contributed by atoms with E-state index in [1.54, 1.807) is 23.8 Å². The van der Waals surface area contributed by atoms with E-state index in [9.17, 15) is 9.59 Å². The molecule has 2 aromatic rings. The van der Waals surface area contributed by atoms with Crippen molar-refractivity contribution in [3.63, 3.8) is 0 Å². The molecule has 0 aromatic heterocycles. The zero-order valence-electron chi connectivity index (χ0n) is 13.8. The van der Waals surface area contributed by atoms with Crippen LogP contribution in [0.2, 0.25) is 0 Å². The number of aldehydes is 1. The van der Waals surface area contributed by atoms with Crippen molar-refractivity contribution in [1.82, 2.24) is 4.90 Å². The summed E-state index contributed by atoms with van der Waals surface area (Å²) >= 11 is 1.55. The second kappa shape index (κ2) is 8.07. The minimum atomic E-state index is -0.472. The zero-order chi connectivity index (χ0) is 17.6. The van der Waals surface area contributed by atoms with Crippen molar-refractivity contribution in [2.75, 3.05) is 20.3 Å². The Labute approximate surface area is 150 Å². The van der Waals surface area contributed by atoms with Crippen LogP contribution in [0.15, 0.2) is 59.5 Å². The Morgan fingerprint density at radius 2 is 1.96 bits per heavy atom. The van der Waals surface area contributed by atoms with Crippen LogP contribution in [0.25, 0.3) is 0 Å². The second-order valence-corrected chi connectivity index (χ2v) is 6.85. The van der Waals surface area contributed by atoms with E-state index in [1.165, 1.54) is 0 Å². The maximum atomic E-state index is 12.2. The lowest BCUT2D eigenvalue weighted by atomic mass is 9.99. The van der Waals surface area contributed by atoms with Gasteiger partial charge in [-0.15, -0.1) is 0 Å². The van der Waals surface area contributed by atoms with Crippen LogP contribution in [-0.2, 0) is 9.53 Å². The number of para-hydroxylation sites is 1. The van der Waals surface area contributed by atoms with Gasteiger partial charge in [-0.2, -0.15) is 0 Å². The Kier molecular flexibility index (Phi) is 5.60. The molecule has 0 bridgehead atoms. The normalized spacial score (nSPS) is 17.9. The molecule has 1 saturated heterocycles. The third-order valence-corrected chi connectivity index (χ3v) is 5.25. The van der Waals surface area contributed by atoms with Crippen LogP contribution in [-0.4, -0.2) is 42.9 Å². The molecule has 6 heteroatoms. The first kappa shape index (κ1) is 17.4. The van der Waals surface area contributed by atoms with E-state index in [4.69, 9.17) is 9.47 Å². The molecule has 2 unspecified atom stereocenters. The molecule has 3 rings (SSSR count). The van der Waals surface area contributed by atoms with Crippen molar-refractivity contribution in [3.8, 4) is 5.75 Å². The highest BCUT2D eigenvalue weighted by atomic mass is 32.2. The summed E-state index contributed by atoms with van der Waals surface area (Å²) in [7, 11) is 1.57. The lowest BCUT2D eigenvalue weighted by Gasteiger charge is -2.24. The average Bonchev–Trinajstić information content (AvgIpc) is 3.00. The van der Waals surface area contributed by atoms with Gasteiger partial charge >= 0.3 is 6.09 Å². The lowest BCUT2D eigenvalue weighted by molar-refractivity contribution is -0.109. The predicted molar refractivity (Wildman–Crippen MR) is 95.9 cm³/mol. The molecular formula is C19H19NO4S. The Bertz CT molecular complexity index is 737. The number of methoxy groups -OCH3 is 1. The van der Waals surface area contributed by atoms with E-state index in [1.807, 2.05) is 54.6 Å². The van der Waals surface area contributed by atoms with Gasteiger partial charge in [-0.1, -0.05) is 48.2 Å². The van der Waals surface area contributed by atoms with E-state index < -0.39 is 12.0 Å². The first-order chi connectivity index (χ1) is 12.2. The first-order valence-electron chi connectivity index (χ1n) is 7.96. The fourth-order valence-corrected chi connectivity index (χ4v) is 3.84. The number of thioether (sulfide) groups is 1. The number of hydrogen-bond acceptors (Lipinski definition) is 5. The Morgan fingerprint density at radius 1 is 1.24 bits per heavy atom. The second-order valence-electron chi connectivity index (χ2n) is 5.60. The molecule has 2 aromatic carbocycles. The molecule has 1 amide bonds. The smallest absolute Gasteiger partial charge is 0.410 e. The fraction of sp³-hybridized carbons (Fsp3) is 0.263. The Hall–Kier alpha value is -2.47. The summed E-state index contributed by atoms with van der Waals surface area (Å²) in [5, 5.41) is -0.160. The van der Waals surface area contributed by atoms with Crippen LogP contribution < -0.4 is 4.74 Å². The maximum absolute atomic E-state index is 12.2. The van der Waals surface area contributed by atoms with Gasteiger partial charge in [-0.25, -0.2) is 4.79 Å². The van der Waals surface area contributed by atoms with Gasteiger partial charge < -0.3 is 14.3 Å². The summed E-state index contributed by atoms with van der Waals surface area (Å²) in [6, 6.07) is 17.2. The van der Waals surface area contributed by atoms with Crippen LogP contribution in [0.1, 0.15) is 11.5 Å². The van der Waals surface area contributed by atoms with Crippen molar-refractivity contribution < 1.29 is 19.1 Å². The van der Waals surface area contributed by atoms with E-state index in [0.717, 1.165) is 16.7 Å².